The van der Waals surface area contributed by atoms with Gasteiger partial charge in [0.1, 0.15) is 17.4 Å². The molecule has 0 saturated heterocycles. The highest BCUT2D eigenvalue weighted by Gasteiger charge is 2.40. The number of ether oxygens (including phenoxy) is 1. The molecule has 23 heavy (non-hydrogen) atoms. The number of amides is 1. The number of carbonyl (C=O) groups excluding carboxylic acids is 1. The van der Waals surface area contributed by atoms with Crippen LogP contribution in [0.25, 0.3) is 0 Å². The maximum absolute atomic E-state index is 12.0. The zero-order valence-electron chi connectivity index (χ0n) is 12.3. The smallest absolute Gasteiger partial charge is 0.291 e. The molecule has 5 heteroatoms. The normalized spacial score (nSPS) is 18.7. The summed E-state index contributed by atoms with van der Waals surface area (Å²) in [7, 11) is 0. The minimum Gasteiger partial charge on any atom is -0.438 e. The first-order valence-corrected chi connectivity index (χ1v) is 7.15. The van der Waals surface area contributed by atoms with Gasteiger partial charge < -0.3 is 4.74 Å². The Balaban J connectivity index is 2.03. The molecule has 0 aliphatic carbocycles. The summed E-state index contributed by atoms with van der Waals surface area (Å²) in [5.41, 5.74) is 3.39. The van der Waals surface area contributed by atoms with Gasteiger partial charge in [-0.1, -0.05) is 24.3 Å². The number of para-hydroxylation sites is 1. The molecule has 1 aromatic carbocycles. The maximum Gasteiger partial charge on any atom is 0.291 e. The molecule has 0 bridgehead atoms. The number of hydrogen-bond acceptors (Lipinski definition) is 4. The SMILES string of the molecule is Cc1cncc(C2C3=C(C#N)C(=O)N=C3Oc3ccccc32)c1. The average Bonchev–Trinajstić information content (AvgIpc) is 2.87. The van der Waals surface area contributed by atoms with Gasteiger partial charge in [0.25, 0.3) is 5.91 Å². The van der Waals surface area contributed by atoms with Crippen LogP contribution in [0.2, 0.25) is 0 Å². The van der Waals surface area contributed by atoms with E-state index in [0.717, 1.165) is 16.7 Å². The van der Waals surface area contributed by atoms with Gasteiger partial charge in [-0.3, -0.25) is 9.78 Å². The number of aromatic nitrogens is 1. The number of aryl methyl sites for hydroxylation is 1. The Kier molecular flexibility index (Phi) is 2.85. The summed E-state index contributed by atoms with van der Waals surface area (Å²) >= 11 is 0. The van der Waals surface area contributed by atoms with E-state index < -0.39 is 5.91 Å². The molecule has 2 aliphatic heterocycles. The highest BCUT2D eigenvalue weighted by atomic mass is 16.5. The quantitative estimate of drug-likeness (QED) is 0.811. The van der Waals surface area contributed by atoms with Crippen molar-refractivity contribution in [1.82, 2.24) is 4.98 Å². The molecule has 4 rings (SSSR count). The topological polar surface area (TPSA) is 75.3 Å². The fourth-order valence-electron chi connectivity index (χ4n) is 3.04. The van der Waals surface area contributed by atoms with Crippen LogP contribution in [0.4, 0.5) is 0 Å². The maximum atomic E-state index is 12.0. The number of nitrogens with zero attached hydrogens (tertiary/aromatic N) is 3. The number of hydrogen-bond donors (Lipinski definition) is 0. The molecule has 1 aromatic heterocycles. The van der Waals surface area contributed by atoms with E-state index in [4.69, 9.17) is 4.74 Å². The lowest BCUT2D eigenvalue weighted by atomic mass is 9.81. The Morgan fingerprint density at radius 3 is 2.87 bits per heavy atom. The molecule has 5 nitrogen and oxygen atoms in total. The standard InChI is InChI=1S/C18H11N3O2/c1-10-6-11(9-20-8-10)15-12-4-2-3-5-14(12)23-18-16(15)13(7-19)17(22)21-18/h2-6,8-9,15H,1H3. The lowest BCUT2D eigenvalue weighted by Gasteiger charge is -2.27. The number of carbonyl (C=O) groups is 1. The van der Waals surface area contributed by atoms with E-state index in [0.29, 0.717) is 11.3 Å². The van der Waals surface area contributed by atoms with Crippen LogP contribution in [-0.2, 0) is 4.79 Å². The Morgan fingerprint density at radius 2 is 2.09 bits per heavy atom. The first-order valence-electron chi connectivity index (χ1n) is 7.15. The fraction of sp³-hybridized carbons (Fsp3) is 0.111. The molecular weight excluding hydrogens is 290 g/mol. The average molecular weight is 301 g/mol. The summed E-state index contributed by atoms with van der Waals surface area (Å²) in [6, 6.07) is 11.5. The van der Waals surface area contributed by atoms with Gasteiger partial charge >= 0.3 is 0 Å². The Morgan fingerprint density at radius 1 is 1.26 bits per heavy atom. The molecule has 110 valence electrons. The van der Waals surface area contributed by atoms with Gasteiger partial charge in [0.05, 0.1) is 5.57 Å². The number of pyridine rings is 1. The predicted octanol–water partition coefficient (Wildman–Crippen LogP) is 2.67. The van der Waals surface area contributed by atoms with E-state index in [1.54, 1.807) is 12.4 Å². The van der Waals surface area contributed by atoms with Crippen molar-refractivity contribution in [2.45, 2.75) is 12.8 Å². The van der Waals surface area contributed by atoms with E-state index in [2.05, 4.69) is 9.98 Å². The van der Waals surface area contributed by atoms with Crippen LogP contribution < -0.4 is 4.74 Å². The zero-order valence-corrected chi connectivity index (χ0v) is 12.3. The fourth-order valence-corrected chi connectivity index (χ4v) is 3.04. The molecule has 0 spiro atoms. The summed E-state index contributed by atoms with van der Waals surface area (Å²) in [5, 5.41) is 9.37. The van der Waals surface area contributed by atoms with Gasteiger partial charge in [-0.15, -0.1) is 0 Å². The predicted molar refractivity (Wildman–Crippen MR) is 83.0 cm³/mol. The lowest BCUT2D eigenvalue weighted by molar-refractivity contribution is -0.113. The largest absolute Gasteiger partial charge is 0.438 e. The monoisotopic (exact) mass is 301 g/mol. The third-order valence-corrected chi connectivity index (χ3v) is 3.98. The number of aliphatic imine (C=N–C) groups is 1. The molecule has 2 aliphatic rings. The number of fused-ring (bicyclic) bond motifs is 2. The lowest BCUT2D eigenvalue weighted by Crippen LogP contribution is -2.24. The van der Waals surface area contributed by atoms with Crippen LogP contribution in [0.3, 0.4) is 0 Å². The second kappa shape index (κ2) is 4.89. The van der Waals surface area contributed by atoms with Gasteiger partial charge in [0.2, 0.25) is 5.90 Å². The second-order valence-corrected chi connectivity index (χ2v) is 5.49. The van der Waals surface area contributed by atoms with Crippen LogP contribution in [0.1, 0.15) is 22.6 Å². The molecule has 0 saturated carbocycles. The van der Waals surface area contributed by atoms with Crippen LogP contribution in [0, 0.1) is 18.3 Å². The Labute approximate surface area is 132 Å². The van der Waals surface area contributed by atoms with Crippen molar-refractivity contribution in [2.75, 3.05) is 0 Å². The van der Waals surface area contributed by atoms with Gasteiger partial charge in [0.15, 0.2) is 0 Å². The molecule has 0 N–H and O–H groups in total. The van der Waals surface area contributed by atoms with Crippen molar-refractivity contribution in [3.05, 3.63) is 70.6 Å². The summed E-state index contributed by atoms with van der Waals surface area (Å²) < 4.78 is 5.74. The number of benzene rings is 1. The molecule has 1 unspecified atom stereocenters. The second-order valence-electron chi connectivity index (χ2n) is 5.49. The minimum absolute atomic E-state index is 0.0426. The first-order chi connectivity index (χ1) is 11.2. The zero-order chi connectivity index (χ0) is 16.0. The van der Waals surface area contributed by atoms with Crippen molar-refractivity contribution in [3.8, 4) is 11.8 Å². The van der Waals surface area contributed by atoms with Crippen molar-refractivity contribution >= 4 is 11.8 Å². The van der Waals surface area contributed by atoms with E-state index in [-0.39, 0.29) is 17.4 Å². The van der Waals surface area contributed by atoms with E-state index in [1.807, 2.05) is 43.3 Å². The summed E-state index contributed by atoms with van der Waals surface area (Å²) in [6.07, 6.45) is 3.52. The van der Waals surface area contributed by atoms with Crippen LogP contribution in [-0.4, -0.2) is 16.8 Å². The third kappa shape index (κ3) is 1.96. The summed E-state index contributed by atoms with van der Waals surface area (Å²) in [5.74, 6) is 0.0355. The van der Waals surface area contributed by atoms with Crippen LogP contribution >= 0.6 is 0 Å². The summed E-state index contributed by atoms with van der Waals surface area (Å²) in [6.45, 7) is 1.95. The molecule has 0 radical (unpaired) electrons. The Bertz CT molecular complexity index is 951. The molecular formula is C18H11N3O2. The van der Waals surface area contributed by atoms with Crippen molar-refractivity contribution in [3.63, 3.8) is 0 Å². The van der Waals surface area contributed by atoms with Crippen molar-refractivity contribution in [1.29, 1.82) is 5.26 Å². The van der Waals surface area contributed by atoms with Crippen molar-refractivity contribution in [2.24, 2.45) is 4.99 Å². The van der Waals surface area contributed by atoms with Crippen LogP contribution in [0.5, 0.6) is 5.75 Å². The van der Waals surface area contributed by atoms with Gasteiger partial charge in [-0.05, 0) is 24.1 Å². The van der Waals surface area contributed by atoms with Crippen LogP contribution in [0.15, 0.2) is 58.9 Å². The molecule has 1 amide bonds. The molecule has 0 fully saturated rings. The Hall–Kier alpha value is -3.26. The first kappa shape index (κ1) is 13.4. The minimum atomic E-state index is -0.545. The molecule has 3 heterocycles. The van der Waals surface area contributed by atoms with Gasteiger partial charge in [-0.25, -0.2) is 0 Å². The third-order valence-electron chi connectivity index (χ3n) is 3.98. The molecule has 1 atom stereocenters. The number of rotatable bonds is 1. The highest BCUT2D eigenvalue weighted by molar-refractivity contribution is 6.20. The van der Waals surface area contributed by atoms with E-state index in [9.17, 15) is 10.1 Å². The van der Waals surface area contributed by atoms with Gasteiger partial charge in [0, 0.05) is 23.9 Å². The number of nitriles is 1. The summed E-state index contributed by atoms with van der Waals surface area (Å²) in [4.78, 5) is 20.1. The van der Waals surface area contributed by atoms with Crippen molar-refractivity contribution < 1.29 is 9.53 Å². The van der Waals surface area contributed by atoms with Gasteiger partial charge in [-0.2, -0.15) is 10.3 Å². The van der Waals surface area contributed by atoms with E-state index in [1.165, 1.54) is 0 Å². The highest BCUT2D eigenvalue weighted by Crippen LogP contribution is 2.44. The van der Waals surface area contributed by atoms with E-state index >= 15 is 0 Å². The molecule has 2 aromatic rings.